The van der Waals surface area contributed by atoms with Crippen molar-refractivity contribution in [1.82, 2.24) is 0 Å². The molecule has 0 heterocycles. The molecule has 1 atom stereocenters. The van der Waals surface area contributed by atoms with Gasteiger partial charge in [-0.05, 0) is 83.5 Å². The Labute approximate surface area is 417 Å². The molecule has 0 aliphatic carbocycles. The Morgan fingerprint density at radius 3 is 0.971 bits per heavy atom. The summed E-state index contributed by atoms with van der Waals surface area (Å²) >= 11 is 0. The largest absolute Gasteiger partial charge is 0.462 e. The third kappa shape index (κ3) is 52.5. The van der Waals surface area contributed by atoms with Crippen molar-refractivity contribution in [2.75, 3.05) is 13.2 Å². The minimum absolute atomic E-state index is 0.117. The molecule has 1 unspecified atom stereocenters. The first kappa shape index (κ1) is 63.5. The lowest BCUT2D eigenvalue weighted by Gasteiger charge is -2.18. The predicted octanol–water partition coefficient (Wildman–Crippen LogP) is 18.3. The van der Waals surface area contributed by atoms with Gasteiger partial charge in [-0.3, -0.25) is 14.4 Å². The van der Waals surface area contributed by atoms with Gasteiger partial charge >= 0.3 is 17.9 Å². The number of carbonyl (C=O) groups is 3. The number of allylic oxidation sites excluding steroid dienone is 22. The van der Waals surface area contributed by atoms with Gasteiger partial charge in [0.15, 0.2) is 6.10 Å². The first-order valence-corrected chi connectivity index (χ1v) is 27.3. The van der Waals surface area contributed by atoms with Crippen LogP contribution < -0.4 is 0 Å². The molecule has 382 valence electrons. The number of hydrogen-bond acceptors (Lipinski definition) is 6. The van der Waals surface area contributed by atoms with Crippen molar-refractivity contribution in [3.8, 4) is 0 Å². The van der Waals surface area contributed by atoms with Gasteiger partial charge in [0.2, 0.25) is 0 Å². The molecule has 0 aliphatic heterocycles. The minimum atomic E-state index is -0.826. The second-order valence-electron chi connectivity index (χ2n) is 17.6. The van der Waals surface area contributed by atoms with Crippen molar-refractivity contribution in [1.29, 1.82) is 0 Å². The second kappa shape index (κ2) is 55.1. The van der Waals surface area contributed by atoms with Crippen LogP contribution in [0.3, 0.4) is 0 Å². The lowest BCUT2D eigenvalue weighted by molar-refractivity contribution is -0.167. The molecular weight excluding hydrogens is 841 g/mol. The van der Waals surface area contributed by atoms with Crippen molar-refractivity contribution in [3.05, 3.63) is 134 Å². The van der Waals surface area contributed by atoms with E-state index in [1.807, 2.05) is 54.7 Å². The highest BCUT2D eigenvalue weighted by Gasteiger charge is 2.19. The fourth-order valence-electron chi connectivity index (χ4n) is 7.00. The molecule has 68 heavy (non-hydrogen) atoms. The monoisotopic (exact) mass is 939 g/mol. The van der Waals surface area contributed by atoms with E-state index in [0.29, 0.717) is 12.8 Å². The standard InChI is InChI=1S/C62H98O6/c1-4-7-10-13-16-19-22-25-27-29-31-33-34-37-40-43-46-49-52-55-61(64)67-58-59(57-66-60(63)54-51-48-45-42-39-36-24-21-18-15-12-9-6-3)68-62(65)56-53-50-47-44-41-38-35-32-30-28-26-23-20-17-14-11-8-5-2/h9,12,15-26,28,30,32,35-36,39,42,45,59H,4-8,10-11,13-14,27,29,31,33-34,37-38,40-41,43-44,46-58H2,1-3H3/b12-9-,18-15-,19-16-,20-17-,24-21-,25-22-,26-23-,30-28-,35-32-,39-36-,45-42-. The molecule has 0 aromatic heterocycles. The Balaban J connectivity index is 4.52. The summed E-state index contributed by atoms with van der Waals surface area (Å²) in [6.07, 6.45) is 77.2. The third-order valence-electron chi connectivity index (χ3n) is 11.1. The normalized spacial score (nSPS) is 13.2. The highest BCUT2D eigenvalue weighted by molar-refractivity contribution is 5.71. The molecule has 0 fully saturated rings. The van der Waals surface area contributed by atoms with E-state index in [1.54, 1.807) is 0 Å². The maximum atomic E-state index is 12.8. The Morgan fingerprint density at radius 1 is 0.309 bits per heavy atom. The van der Waals surface area contributed by atoms with Gasteiger partial charge in [-0.2, -0.15) is 0 Å². The maximum absolute atomic E-state index is 12.8. The molecule has 0 radical (unpaired) electrons. The van der Waals surface area contributed by atoms with Gasteiger partial charge in [-0.15, -0.1) is 0 Å². The summed E-state index contributed by atoms with van der Waals surface area (Å²) < 4.78 is 16.7. The fourth-order valence-corrected chi connectivity index (χ4v) is 7.00. The highest BCUT2D eigenvalue weighted by Crippen LogP contribution is 2.14. The van der Waals surface area contributed by atoms with Crippen LogP contribution in [0, 0.1) is 0 Å². The molecule has 0 rings (SSSR count). The summed E-state index contributed by atoms with van der Waals surface area (Å²) in [7, 11) is 0. The summed E-state index contributed by atoms with van der Waals surface area (Å²) in [5.41, 5.74) is 0. The molecular formula is C62H98O6. The van der Waals surface area contributed by atoms with Crippen molar-refractivity contribution in [3.63, 3.8) is 0 Å². The quantitative estimate of drug-likeness (QED) is 0.0262. The smallest absolute Gasteiger partial charge is 0.306 e. The highest BCUT2D eigenvalue weighted by atomic mass is 16.6. The van der Waals surface area contributed by atoms with Crippen LogP contribution in [0.4, 0.5) is 0 Å². The first-order valence-electron chi connectivity index (χ1n) is 27.3. The third-order valence-corrected chi connectivity index (χ3v) is 11.1. The van der Waals surface area contributed by atoms with Gasteiger partial charge in [0.1, 0.15) is 13.2 Å². The van der Waals surface area contributed by atoms with Gasteiger partial charge in [0.25, 0.3) is 0 Å². The SMILES string of the molecule is CC\C=C/C=C\C=C/C=C\C=C/CCCC(=O)OCC(COC(=O)CCCCCCCCCCCC/C=C\C=C/CCCCC)OC(=O)CCCCCCC\C=C/C=C\C=C/C=C\CCCCC. The minimum Gasteiger partial charge on any atom is -0.462 e. The average Bonchev–Trinajstić information content (AvgIpc) is 3.34. The molecule has 0 amide bonds. The molecule has 6 heteroatoms. The van der Waals surface area contributed by atoms with Crippen LogP contribution in [0.1, 0.15) is 220 Å². The van der Waals surface area contributed by atoms with E-state index in [0.717, 1.165) is 77.0 Å². The van der Waals surface area contributed by atoms with E-state index in [9.17, 15) is 14.4 Å². The van der Waals surface area contributed by atoms with Crippen molar-refractivity contribution < 1.29 is 28.6 Å². The predicted molar refractivity (Wildman–Crippen MR) is 292 cm³/mol. The summed E-state index contributed by atoms with van der Waals surface area (Å²) in [5.74, 6) is -1.03. The number of esters is 3. The number of unbranched alkanes of at least 4 members (excludes halogenated alkanes) is 22. The van der Waals surface area contributed by atoms with Crippen LogP contribution in [0.25, 0.3) is 0 Å². The second-order valence-corrected chi connectivity index (χ2v) is 17.6. The van der Waals surface area contributed by atoms with Gasteiger partial charge in [-0.1, -0.05) is 251 Å². The topological polar surface area (TPSA) is 78.9 Å². The lowest BCUT2D eigenvalue weighted by atomic mass is 10.1. The van der Waals surface area contributed by atoms with E-state index in [2.05, 4.69) is 99.8 Å². The molecule has 0 aromatic rings. The van der Waals surface area contributed by atoms with E-state index in [1.165, 1.54) is 96.3 Å². The Morgan fingerprint density at radius 2 is 0.588 bits per heavy atom. The lowest BCUT2D eigenvalue weighted by Crippen LogP contribution is -2.30. The van der Waals surface area contributed by atoms with E-state index in [-0.39, 0.29) is 44.0 Å². The zero-order chi connectivity index (χ0) is 49.3. The first-order chi connectivity index (χ1) is 33.5. The Bertz CT molecular complexity index is 1500. The van der Waals surface area contributed by atoms with Crippen LogP contribution in [-0.4, -0.2) is 37.2 Å². The van der Waals surface area contributed by atoms with Crippen LogP contribution in [-0.2, 0) is 28.6 Å². The molecule has 0 saturated heterocycles. The molecule has 0 aromatic carbocycles. The van der Waals surface area contributed by atoms with Crippen LogP contribution in [0.5, 0.6) is 0 Å². The van der Waals surface area contributed by atoms with Crippen LogP contribution in [0.15, 0.2) is 134 Å². The number of hydrogen-bond donors (Lipinski definition) is 0. The summed E-state index contributed by atoms with van der Waals surface area (Å²) in [6, 6.07) is 0. The van der Waals surface area contributed by atoms with Gasteiger partial charge in [-0.25, -0.2) is 0 Å². The molecule has 0 spiro atoms. The number of carbonyl (C=O) groups excluding carboxylic acids is 3. The Hall–Kier alpha value is -4.45. The summed E-state index contributed by atoms with van der Waals surface area (Å²) in [5, 5.41) is 0. The number of rotatable bonds is 47. The van der Waals surface area contributed by atoms with Crippen molar-refractivity contribution >= 4 is 17.9 Å². The van der Waals surface area contributed by atoms with E-state index < -0.39 is 6.10 Å². The van der Waals surface area contributed by atoms with Crippen molar-refractivity contribution in [2.45, 2.75) is 226 Å². The van der Waals surface area contributed by atoms with Crippen molar-refractivity contribution in [2.24, 2.45) is 0 Å². The number of ether oxygens (including phenoxy) is 3. The zero-order valence-electron chi connectivity index (χ0n) is 43.6. The average molecular weight is 939 g/mol. The fraction of sp³-hybridized carbons (Fsp3) is 0.597. The van der Waals surface area contributed by atoms with Gasteiger partial charge in [0, 0.05) is 19.3 Å². The maximum Gasteiger partial charge on any atom is 0.306 e. The Kier molecular flexibility index (Phi) is 51.5. The summed E-state index contributed by atoms with van der Waals surface area (Å²) in [4.78, 5) is 38.1. The molecule has 6 nitrogen and oxygen atoms in total. The summed E-state index contributed by atoms with van der Waals surface area (Å²) in [6.45, 7) is 6.33. The van der Waals surface area contributed by atoms with Crippen LogP contribution in [0.2, 0.25) is 0 Å². The van der Waals surface area contributed by atoms with Crippen LogP contribution >= 0.6 is 0 Å². The molecule has 0 aliphatic rings. The van der Waals surface area contributed by atoms with E-state index in [4.69, 9.17) is 14.2 Å². The molecule has 0 N–H and O–H groups in total. The van der Waals surface area contributed by atoms with E-state index >= 15 is 0 Å². The molecule has 0 bridgehead atoms. The van der Waals surface area contributed by atoms with Gasteiger partial charge < -0.3 is 14.2 Å². The zero-order valence-corrected chi connectivity index (χ0v) is 43.6. The molecule has 0 saturated carbocycles. The van der Waals surface area contributed by atoms with Gasteiger partial charge in [0.05, 0.1) is 0 Å².